The summed E-state index contributed by atoms with van der Waals surface area (Å²) in [6, 6.07) is 7.92. The lowest BCUT2D eigenvalue weighted by atomic mass is 9.98. The summed E-state index contributed by atoms with van der Waals surface area (Å²) < 4.78 is 11.3. The summed E-state index contributed by atoms with van der Waals surface area (Å²) in [5.74, 6) is 1.84. The molecule has 0 saturated carbocycles. The van der Waals surface area contributed by atoms with Crippen molar-refractivity contribution in [1.82, 2.24) is 9.97 Å². The van der Waals surface area contributed by atoms with Crippen LogP contribution in [0.2, 0.25) is 0 Å². The Labute approximate surface area is 125 Å². The van der Waals surface area contributed by atoms with Crippen molar-refractivity contribution in [3.05, 3.63) is 36.2 Å². The Hall–Kier alpha value is -2.30. The first-order valence-corrected chi connectivity index (χ1v) is 7.17. The Kier molecular flexibility index (Phi) is 4.98. The highest BCUT2D eigenvalue weighted by atomic mass is 16.5. The van der Waals surface area contributed by atoms with Crippen LogP contribution in [-0.2, 0) is 0 Å². The lowest BCUT2D eigenvalue weighted by molar-refractivity contribution is 0.325. The zero-order chi connectivity index (χ0) is 15.2. The van der Waals surface area contributed by atoms with Crippen LogP contribution in [0.5, 0.6) is 17.5 Å². The van der Waals surface area contributed by atoms with Crippen molar-refractivity contribution in [2.75, 3.05) is 12.3 Å². The Bertz CT molecular complexity index is 602. The van der Waals surface area contributed by atoms with Gasteiger partial charge in [0.2, 0.25) is 11.8 Å². The molecule has 1 unspecified atom stereocenters. The van der Waals surface area contributed by atoms with Gasteiger partial charge in [0.15, 0.2) is 5.69 Å². The van der Waals surface area contributed by atoms with E-state index in [1.54, 1.807) is 0 Å². The van der Waals surface area contributed by atoms with Crippen molar-refractivity contribution in [1.29, 1.82) is 0 Å². The molecular weight excluding hydrogens is 266 g/mol. The smallest absolute Gasteiger partial charge is 0.249 e. The quantitative estimate of drug-likeness (QED) is 0.875. The van der Waals surface area contributed by atoms with E-state index in [-0.39, 0.29) is 0 Å². The third-order valence-corrected chi connectivity index (χ3v) is 3.36. The normalized spacial score (nSPS) is 12.0. The molecule has 0 fully saturated rings. The highest BCUT2D eigenvalue weighted by Crippen LogP contribution is 2.35. The minimum absolute atomic E-state index is 0.318. The summed E-state index contributed by atoms with van der Waals surface area (Å²) in [6.45, 7) is 6.68. The standard InChI is InChI=1S/C16H21N3O2/c1-4-11(3)12-8-6-7-9-13(12)21-16-14(17)15(20-5-2)18-10-19-16/h6-11H,4-5,17H2,1-3H3. The maximum absolute atomic E-state index is 6.00. The third-order valence-electron chi connectivity index (χ3n) is 3.36. The minimum atomic E-state index is 0.318. The van der Waals surface area contributed by atoms with E-state index < -0.39 is 0 Å². The molecule has 0 radical (unpaired) electrons. The molecule has 0 spiro atoms. The summed E-state index contributed by atoms with van der Waals surface area (Å²) in [7, 11) is 0. The maximum Gasteiger partial charge on any atom is 0.249 e. The Morgan fingerprint density at radius 3 is 2.57 bits per heavy atom. The van der Waals surface area contributed by atoms with Crippen LogP contribution in [0, 0.1) is 0 Å². The van der Waals surface area contributed by atoms with Gasteiger partial charge in [0.25, 0.3) is 0 Å². The predicted molar refractivity (Wildman–Crippen MR) is 82.8 cm³/mol. The molecule has 21 heavy (non-hydrogen) atoms. The predicted octanol–water partition coefficient (Wildman–Crippen LogP) is 3.76. The second kappa shape index (κ2) is 6.92. The first-order chi connectivity index (χ1) is 10.2. The summed E-state index contributed by atoms with van der Waals surface area (Å²) in [5.41, 5.74) is 7.45. The van der Waals surface area contributed by atoms with Crippen molar-refractivity contribution in [3.63, 3.8) is 0 Å². The van der Waals surface area contributed by atoms with Crippen LogP contribution < -0.4 is 15.2 Å². The van der Waals surface area contributed by atoms with Gasteiger partial charge in [0.05, 0.1) is 6.61 Å². The fourth-order valence-electron chi connectivity index (χ4n) is 2.00. The molecule has 112 valence electrons. The molecule has 2 rings (SSSR count). The average Bonchev–Trinajstić information content (AvgIpc) is 2.51. The number of nitrogens with two attached hydrogens (primary N) is 1. The van der Waals surface area contributed by atoms with Crippen LogP contribution in [-0.4, -0.2) is 16.6 Å². The molecule has 2 N–H and O–H groups in total. The van der Waals surface area contributed by atoms with Crippen LogP contribution in [0.4, 0.5) is 5.69 Å². The monoisotopic (exact) mass is 287 g/mol. The topological polar surface area (TPSA) is 70.3 Å². The summed E-state index contributed by atoms with van der Waals surface area (Å²) >= 11 is 0. The van der Waals surface area contributed by atoms with Gasteiger partial charge < -0.3 is 15.2 Å². The Morgan fingerprint density at radius 1 is 1.14 bits per heavy atom. The fraction of sp³-hybridized carbons (Fsp3) is 0.375. The minimum Gasteiger partial charge on any atom is -0.476 e. The number of nitrogen functional groups attached to an aromatic ring is 1. The molecule has 2 aromatic rings. The molecule has 0 aliphatic heterocycles. The number of aromatic nitrogens is 2. The zero-order valence-corrected chi connectivity index (χ0v) is 12.7. The van der Waals surface area contributed by atoms with Crippen molar-refractivity contribution < 1.29 is 9.47 Å². The summed E-state index contributed by atoms with van der Waals surface area (Å²) in [5, 5.41) is 0. The molecule has 0 amide bonds. The fourth-order valence-corrected chi connectivity index (χ4v) is 2.00. The van der Waals surface area contributed by atoms with Gasteiger partial charge in [-0.2, -0.15) is 9.97 Å². The lowest BCUT2D eigenvalue weighted by Crippen LogP contribution is -2.04. The van der Waals surface area contributed by atoms with E-state index >= 15 is 0 Å². The van der Waals surface area contributed by atoms with Gasteiger partial charge in [-0.05, 0) is 30.9 Å². The molecule has 0 aliphatic rings. The summed E-state index contributed by atoms with van der Waals surface area (Å²) in [4.78, 5) is 8.11. The average molecular weight is 287 g/mol. The zero-order valence-electron chi connectivity index (χ0n) is 12.7. The molecule has 1 aromatic carbocycles. The number of nitrogens with zero attached hydrogens (tertiary/aromatic N) is 2. The molecule has 5 nitrogen and oxygen atoms in total. The van der Waals surface area contributed by atoms with Crippen molar-refractivity contribution in [2.45, 2.75) is 33.1 Å². The van der Waals surface area contributed by atoms with Crippen LogP contribution in [0.3, 0.4) is 0 Å². The third kappa shape index (κ3) is 3.42. The van der Waals surface area contributed by atoms with Gasteiger partial charge in [0, 0.05) is 0 Å². The van der Waals surface area contributed by atoms with Gasteiger partial charge in [-0.1, -0.05) is 32.0 Å². The molecule has 5 heteroatoms. The van der Waals surface area contributed by atoms with Gasteiger partial charge in [-0.15, -0.1) is 0 Å². The molecule has 1 aromatic heterocycles. The van der Waals surface area contributed by atoms with E-state index in [4.69, 9.17) is 15.2 Å². The number of hydrogen-bond donors (Lipinski definition) is 1. The number of anilines is 1. The van der Waals surface area contributed by atoms with Gasteiger partial charge >= 0.3 is 0 Å². The number of ether oxygens (including phenoxy) is 2. The highest BCUT2D eigenvalue weighted by Gasteiger charge is 2.15. The first kappa shape index (κ1) is 15.1. The summed E-state index contributed by atoms with van der Waals surface area (Å²) in [6.07, 6.45) is 2.42. The van der Waals surface area contributed by atoms with Crippen LogP contribution >= 0.6 is 0 Å². The van der Waals surface area contributed by atoms with E-state index in [2.05, 4.69) is 29.9 Å². The number of benzene rings is 1. The largest absolute Gasteiger partial charge is 0.476 e. The number of hydrogen-bond acceptors (Lipinski definition) is 5. The molecule has 0 saturated heterocycles. The van der Waals surface area contributed by atoms with Crippen LogP contribution in [0.1, 0.15) is 38.7 Å². The molecule has 0 bridgehead atoms. The maximum atomic E-state index is 6.00. The second-order valence-electron chi connectivity index (χ2n) is 4.78. The Balaban J connectivity index is 2.33. The Morgan fingerprint density at radius 2 is 1.86 bits per heavy atom. The van der Waals surface area contributed by atoms with Crippen LogP contribution in [0.15, 0.2) is 30.6 Å². The van der Waals surface area contributed by atoms with Crippen molar-refractivity contribution in [2.24, 2.45) is 0 Å². The van der Waals surface area contributed by atoms with Crippen molar-refractivity contribution in [3.8, 4) is 17.5 Å². The van der Waals surface area contributed by atoms with E-state index in [0.29, 0.717) is 30.0 Å². The van der Waals surface area contributed by atoms with Gasteiger partial charge in [-0.3, -0.25) is 0 Å². The molecule has 0 aliphatic carbocycles. The van der Waals surface area contributed by atoms with E-state index in [9.17, 15) is 0 Å². The van der Waals surface area contributed by atoms with Gasteiger partial charge in [-0.25, -0.2) is 0 Å². The number of para-hydroxylation sites is 1. The second-order valence-corrected chi connectivity index (χ2v) is 4.78. The van der Waals surface area contributed by atoms with Gasteiger partial charge in [0.1, 0.15) is 12.1 Å². The van der Waals surface area contributed by atoms with Crippen molar-refractivity contribution >= 4 is 5.69 Å². The molecule has 1 atom stereocenters. The molecular formula is C16H21N3O2. The lowest BCUT2D eigenvalue weighted by Gasteiger charge is -2.16. The number of rotatable bonds is 6. The SMILES string of the molecule is CCOc1ncnc(Oc2ccccc2C(C)CC)c1N. The van der Waals surface area contributed by atoms with E-state index in [1.807, 2.05) is 25.1 Å². The van der Waals surface area contributed by atoms with E-state index in [1.165, 1.54) is 6.33 Å². The van der Waals surface area contributed by atoms with Crippen LogP contribution in [0.25, 0.3) is 0 Å². The molecule has 1 heterocycles. The highest BCUT2D eigenvalue weighted by molar-refractivity contribution is 5.57. The first-order valence-electron chi connectivity index (χ1n) is 7.17. The van der Waals surface area contributed by atoms with E-state index in [0.717, 1.165) is 17.7 Å².